The summed E-state index contributed by atoms with van der Waals surface area (Å²) in [5.41, 5.74) is 0.928. The second kappa shape index (κ2) is 6.16. The van der Waals surface area contributed by atoms with Crippen molar-refractivity contribution in [1.82, 2.24) is 20.1 Å². The Morgan fingerprint density at radius 1 is 1.47 bits per heavy atom. The highest BCUT2D eigenvalue weighted by atomic mass is 32.2. The molecule has 2 rings (SSSR count). The van der Waals surface area contributed by atoms with Gasteiger partial charge in [-0.25, -0.2) is 4.39 Å². The average molecular weight is 280 g/mol. The van der Waals surface area contributed by atoms with E-state index >= 15 is 0 Å². The summed E-state index contributed by atoms with van der Waals surface area (Å²) in [5, 5.41) is 11.1. The SMILES string of the molecule is CSc1ccc([C@H](C)NCc2nncn2C)cc1F. The molecule has 1 atom stereocenters. The molecule has 1 heterocycles. The molecule has 2 aromatic rings. The third-order valence-electron chi connectivity index (χ3n) is 3.05. The molecule has 19 heavy (non-hydrogen) atoms. The summed E-state index contributed by atoms with van der Waals surface area (Å²) in [6, 6.07) is 5.40. The second-order valence-corrected chi connectivity index (χ2v) is 5.20. The van der Waals surface area contributed by atoms with E-state index in [4.69, 9.17) is 0 Å². The molecule has 1 N–H and O–H groups in total. The lowest BCUT2D eigenvalue weighted by molar-refractivity contribution is 0.539. The molecule has 102 valence electrons. The summed E-state index contributed by atoms with van der Waals surface area (Å²) in [4.78, 5) is 0.671. The van der Waals surface area contributed by atoms with Crippen LogP contribution in [0.15, 0.2) is 29.4 Å². The van der Waals surface area contributed by atoms with Gasteiger partial charge in [-0.1, -0.05) is 6.07 Å². The predicted octanol–water partition coefficient (Wildman–Crippen LogP) is 2.53. The van der Waals surface area contributed by atoms with E-state index in [1.807, 2.05) is 36.9 Å². The maximum atomic E-state index is 13.7. The van der Waals surface area contributed by atoms with Crippen LogP contribution in [-0.2, 0) is 13.6 Å². The highest BCUT2D eigenvalue weighted by Crippen LogP contribution is 2.23. The van der Waals surface area contributed by atoms with Crippen molar-refractivity contribution in [3.8, 4) is 0 Å². The number of nitrogens with zero attached hydrogens (tertiary/aromatic N) is 3. The van der Waals surface area contributed by atoms with Crippen molar-refractivity contribution in [1.29, 1.82) is 0 Å². The van der Waals surface area contributed by atoms with Crippen LogP contribution in [-0.4, -0.2) is 21.0 Å². The van der Waals surface area contributed by atoms with Crippen molar-refractivity contribution < 1.29 is 4.39 Å². The van der Waals surface area contributed by atoms with Crippen molar-refractivity contribution in [3.63, 3.8) is 0 Å². The Hall–Kier alpha value is -1.40. The topological polar surface area (TPSA) is 42.7 Å². The van der Waals surface area contributed by atoms with E-state index in [1.165, 1.54) is 11.8 Å². The average Bonchev–Trinajstić information content (AvgIpc) is 2.81. The molecule has 1 aromatic heterocycles. The van der Waals surface area contributed by atoms with E-state index in [0.717, 1.165) is 11.4 Å². The molecule has 1 aromatic carbocycles. The Morgan fingerprint density at radius 3 is 2.84 bits per heavy atom. The number of aromatic nitrogens is 3. The van der Waals surface area contributed by atoms with Crippen LogP contribution in [0.4, 0.5) is 4.39 Å². The Kier molecular flexibility index (Phi) is 4.55. The lowest BCUT2D eigenvalue weighted by Crippen LogP contribution is -2.20. The summed E-state index contributed by atoms with van der Waals surface area (Å²) in [5.74, 6) is 0.686. The zero-order valence-corrected chi connectivity index (χ0v) is 12.0. The highest BCUT2D eigenvalue weighted by molar-refractivity contribution is 7.98. The van der Waals surface area contributed by atoms with Gasteiger partial charge in [0.15, 0.2) is 0 Å². The van der Waals surface area contributed by atoms with E-state index in [-0.39, 0.29) is 11.9 Å². The number of hydrogen-bond acceptors (Lipinski definition) is 4. The number of aryl methyl sites for hydroxylation is 1. The minimum atomic E-state index is -0.169. The molecule has 0 amide bonds. The highest BCUT2D eigenvalue weighted by Gasteiger charge is 2.10. The van der Waals surface area contributed by atoms with Gasteiger partial charge in [-0.2, -0.15) is 0 Å². The largest absolute Gasteiger partial charge is 0.320 e. The Bertz CT molecular complexity index is 555. The van der Waals surface area contributed by atoms with E-state index in [9.17, 15) is 4.39 Å². The minimum Gasteiger partial charge on any atom is -0.320 e. The lowest BCUT2D eigenvalue weighted by Gasteiger charge is -2.14. The molecular weight excluding hydrogens is 263 g/mol. The molecule has 0 saturated heterocycles. The summed E-state index contributed by atoms with van der Waals surface area (Å²) in [6.07, 6.45) is 3.53. The Labute approximate surface area is 116 Å². The standard InChI is InChI=1S/C13H17FN4S/c1-9(15-7-13-17-16-8-18(13)2)10-4-5-12(19-3)11(14)6-10/h4-6,8-9,15H,7H2,1-3H3/t9-/m0/s1. The van der Waals surface area contributed by atoms with Crippen LogP contribution < -0.4 is 5.32 Å². The van der Waals surface area contributed by atoms with Crippen LogP contribution in [0.3, 0.4) is 0 Å². The van der Waals surface area contributed by atoms with Crippen molar-refractivity contribution >= 4 is 11.8 Å². The van der Waals surface area contributed by atoms with Gasteiger partial charge in [0, 0.05) is 18.0 Å². The van der Waals surface area contributed by atoms with E-state index < -0.39 is 0 Å². The van der Waals surface area contributed by atoms with Gasteiger partial charge in [-0.3, -0.25) is 0 Å². The molecule has 0 aliphatic rings. The number of nitrogens with one attached hydrogen (secondary N) is 1. The van der Waals surface area contributed by atoms with Crippen LogP contribution in [0.25, 0.3) is 0 Å². The van der Waals surface area contributed by atoms with Crippen molar-refractivity contribution in [2.24, 2.45) is 7.05 Å². The van der Waals surface area contributed by atoms with E-state index in [2.05, 4.69) is 15.5 Å². The second-order valence-electron chi connectivity index (χ2n) is 4.35. The number of halogens is 1. The first-order chi connectivity index (χ1) is 9.11. The van der Waals surface area contributed by atoms with Gasteiger partial charge in [0.25, 0.3) is 0 Å². The molecule has 0 unspecified atom stereocenters. The lowest BCUT2D eigenvalue weighted by atomic mass is 10.1. The molecule has 0 aliphatic heterocycles. The molecule has 0 radical (unpaired) electrons. The van der Waals surface area contributed by atoms with Gasteiger partial charge in [-0.05, 0) is 30.9 Å². The Morgan fingerprint density at radius 2 is 2.26 bits per heavy atom. The van der Waals surface area contributed by atoms with Crippen LogP contribution in [0.5, 0.6) is 0 Å². The molecule has 0 aliphatic carbocycles. The molecule has 4 nitrogen and oxygen atoms in total. The van der Waals surface area contributed by atoms with E-state index in [0.29, 0.717) is 11.4 Å². The molecule has 0 spiro atoms. The molecule has 0 saturated carbocycles. The first-order valence-electron chi connectivity index (χ1n) is 6.01. The maximum absolute atomic E-state index is 13.7. The van der Waals surface area contributed by atoms with Crippen LogP contribution in [0.2, 0.25) is 0 Å². The fraction of sp³-hybridized carbons (Fsp3) is 0.385. The molecule has 0 fully saturated rings. The van der Waals surface area contributed by atoms with Gasteiger partial charge in [0.1, 0.15) is 18.0 Å². The first-order valence-corrected chi connectivity index (χ1v) is 7.24. The summed E-state index contributed by atoms with van der Waals surface area (Å²) >= 11 is 1.41. The fourth-order valence-corrected chi connectivity index (χ4v) is 2.24. The van der Waals surface area contributed by atoms with E-state index in [1.54, 1.807) is 12.4 Å². The molecule has 6 heteroatoms. The quantitative estimate of drug-likeness (QED) is 0.855. The number of benzene rings is 1. The molecular formula is C13H17FN4S. The summed E-state index contributed by atoms with van der Waals surface area (Å²) in [7, 11) is 1.90. The van der Waals surface area contributed by atoms with Crippen LogP contribution >= 0.6 is 11.8 Å². The molecule has 0 bridgehead atoms. The van der Waals surface area contributed by atoms with Crippen LogP contribution in [0.1, 0.15) is 24.4 Å². The summed E-state index contributed by atoms with van der Waals surface area (Å²) in [6.45, 7) is 2.60. The zero-order chi connectivity index (χ0) is 13.8. The van der Waals surface area contributed by atoms with Crippen molar-refractivity contribution in [2.45, 2.75) is 24.4 Å². The van der Waals surface area contributed by atoms with Gasteiger partial charge >= 0.3 is 0 Å². The minimum absolute atomic E-state index is 0.0575. The Balaban J connectivity index is 2.02. The maximum Gasteiger partial charge on any atom is 0.146 e. The number of thioether (sulfide) groups is 1. The van der Waals surface area contributed by atoms with Gasteiger partial charge < -0.3 is 9.88 Å². The van der Waals surface area contributed by atoms with Gasteiger partial charge in [0.2, 0.25) is 0 Å². The first kappa shape index (κ1) is 14.0. The fourth-order valence-electron chi connectivity index (χ4n) is 1.78. The zero-order valence-electron chi connectivity index (χ0n) is 11.2. The van der Waals surface area contributed by atoms with Crippen molar-refractivity contribution in [2.75, 3.05) is 6.26 Å². The third-order valence-corrected chi connectivity index (χ3v) is 3.82. The smallest absolute Gasteiger partial charge is 0.146 e. The van der Waals surface area contributed by atoms with Crippen LogP contribution in [0, 0.1) is 5.82 Å². The van der Waals surface area contributed by atoms with Gasteiger partial charge in [-0.15, -0.1) is 22.0 Å². The monoisotopic (exact) mass is 280 g/mol. The van der Waals surface area contributed by atoms with Gasteiger partial charge in [0.05, 0.1) is 6.54 Å². The summed E-state index contributed by atoms with van der Waals surface area (Å²) < 4.78 is 15.6. The van der Waals surface area contributed by atoms with Crippen molar-refractivity contribution in [3.05, 3.63) is 41.7 Å². The predicted molar refractivity (Wildman–Crippen MR) is 74.4 cm³/mol. The number of hydrogen-bond donors (Lipinski definition) is 1. The number of rotatable bonds is 5. The third kappa shape index (κ3) is 3.33. The normalized spacial score (nSPS) is 12.6.